The van der Waals surface area contributed by atoms with Crippen LogP contribution in [0.3, 0.4) is 0 Å². The molecule has 0 unspecified atom stereocenters. The molecule has 5 rings (SSSR count). The fourth-order valence-electron chi connectivity index (χ4n) is 5.83. The summed E-state index contributed by atoms with van der Waals surface area (Å²) in [7, 11) is 1.45. The number of carbonyl (C=O) groups excluding carboxylic acids is 3. The van der Waals surface area contributed by atoms with E-state index in [0.717, 1.165) is 11.0 Å². The fourth-order valence-corrected chi connectivity index (χ4v) is 6.23. The Kier molecular flexibility index (Phi) is 4.92. The minimum absolute atomic E-state index is 0.0610. The standard InChI is InChI=1S/C25H18FN5O4S/c1-3-35-19(32)11-31-18-7-5-4-6-15(18)24(21(31)33)23(12-27,13-28)20(36)29-25(24)16-10-14(26)8-9-17(16)30(2)22(25)34/h4-10H,3,11H2,1-2H3,(H,29,36)/t24-,25+/m0/s1. The van der Waals surface area contributed by atoms with Crippen molar-refractivity contribution in [3.05, 3.63) is 59.4 Å². The minimum atomic E-state index is -2.36. The lowest BCUT2D eigenvalue weighted by Crippen LogP contribution is -2.65. The van der Waals surface area contributed by atoms with E-state index in [2.05, 4.69) is 5.32 Å². The topological polar surface area (TPSA) is 127 Å². The number of rotatable bonds is 3. The van der Waals surface area contributed by atoms with Gasteiger partial charge in [-0.05, 0) is 36.8 Å². The average Bonchev–Trinajstić information content (AvgIpc) is 3.34. The first-order chi connectivity index (χ1) is 17.2. The van der Waals surface area contributed by atoms with E-state index in [4.69, 9.17) is 17.0 Å². The number of nitrogens with zero attached hydrogens (tertiary/aromatic N) is 4. The molecule has 1 N–H and O–H groups in total. The molecule has 0 radical (unpaired) electrons. The van der Waals surface area contributed by atoms with Crippen LogP contribution in [0.25, 0.3) is 0 Å². The van der Waals surface area contributed by atoms with Crippen molar-refractivity contribution in [3.8, 4) is 12.1 Å². The van der Waals surface area contributed by atoms with E-state index < -0.39 is 46.5 Å². The lowest BCUT2D eigenvalue weighted by molar-refractivity contribution is -0.143. The maximum atomic E-state index is 14.6. The summed E-state index contributed by atoms with van der Waals surface area (Å²) in [6.07, 6.45) is 0. The lowest BCUT2D eigenvalue weighted by Gasteiger charge is -2.41. The van der Waals surface area contributed by atoms with Gasteiger partial charge in [-0.1, -0.05) is 30.4 Å². The number of thiocarbonyl (C=S) groups is 1. The van der Waals surface area contributed by atoms with Crippen LogP contribution in [0.5, 0.6) is 0 Å². The number of likely N-dealkylation sites (N-methyl/N-ethyl adjacent to an activating group) is 1. The number of anilines is 2. The SMILES string of the molecule is CCOC(=O)CN1C(=O)[C@@]2(c3ccccc31)C(C#N)(C#N)C(=S)N[C@]21C(=O)N(C)c2ccc(F)cc21. The van der Waals surface area contributed by atoms with E-state index in [-0.39, 0.29) is 34.1 Å². The van der Waals surface area contributed by atoms with Crippen molar-refractivity contribution in [2.75, 3.05) is 30.0 Å². The van der Waals surface area contributed by atoms with Crippen LogP contribution >= 0.6 is 12.2 Å². The van der Waals surface area contributed by atoms with Crippen molar-refractivity contribution < 1.29 is 23.5 Å². The van der Waals surface area contributed by atoms with Crippen LogP contribution in [0.2, 0.25) is 0 Å². The van der Waals surface area contributed by atoms with Crippen LogP contribution in [0.15, 0.2) is 42.5 Å². The molecule has 2 spiro atoms. The van der Waals surface area contributed by atoms with Crippen LogP contribution in [0.4, 0.5) is 15.8 Å². The molecule has 0 bridgehead atoms. The summed E-state index contributed by atoms with van der Waals surface area (Å²) in [5.41, 5.74) is -6.04. The van der Waals surface area contributed by atoms with Crippen LogP contribution < -0.4 is 15.1 Å². The third kappa shape index (κ3) is 2.36. The molecule has 0 aromatic heterocycles. The van der Waals surface area contributed by atoms with Crippen molar-refractivity contribution in [2.45, 2.75) is 17.9 Å². The van der Waals surface area contributed by atoms with Gasteiger partial charge in [-0.2, -0.15) is 10.5 Å². The van der Waals surface area contributed by atoms with Gasteiger partial charge in [-0.3, -0.25) is 19.3 Å². The maximum absolute atomic E-state index is 14.6. The van der Waals surface area contributed by atoms with E-state index in [1.165, 1.54) is 30.1 Å². The van der Waals surface area contributed by atoms with Gasteiger partial charge in [0, 0.05) is 24.0 Å². The fraction of sp³-hybridized carbons (Fsp3) is 0.280. The van der Waals surface area contributed by atoms with Crippen LogP contribution in [0.1, 0.15) is 18.1 Å². The summed E-state index contributed by atoms with van der Waals surface area (Å²) < 4.78 is 19.7. The Balaban J connectivity index is 1.93. The molecule has 1 fully saturated rings. The monoisotopic (exact) mass is 503 g/mol. The van der Waals surface area contributed by atoms with E-state index in [9.17, 15) is 29.3 Å². The summed E-state index contributed by atoms with van der Waals surface area (Å²) in [5, 5.41) is 23.7. The number of hydrogen-bond acceptors (Lipinski definition) is 7. The van der Waals surface area contributed by atoms with Crippen LogP contribution in [-0.4, -0.2) is 43.0 Å². The zero-order chi connectivity index (χ0) is 26.0. The first kappa shape index (κ1) is 23.4. The zero-order valence-corrected chi connectivity index (χ0v) is 20.0. The number of halogens is 1. The highest BCUT2D eigenvalue weighted by molar-refractivity contribution is 7.80. The normalized spacial score (nSPS) is 25.0. The first-order valence-electron chi connectivity index (χ1n) is 11.0. The van der Waals surface area contributed by atoms with Crippen LogP contribution in [-0.2, 0) is 30.1 Å². The van der Waals surface area contributed by atoms with E-state index in [1.54, 1.807) is 25.1 Å². The highest BCUT2D eigenvalue weighted by Gasteiger charge is 2.84. The van der Waals surface area contributed by atoms with Gasteiger partial charge in [-0.15, -0.1) is 0 Å². The molecule has 3 aliphatic heterocycles. The number of nitrogens with one attached hydrogen (secondary N) is 1. The molecule has 11 heteroatoms. The van der Waals surface area contributed by atoms with Crippen molar-refractivity contribution in [1.29, 1.82) is 10.5 Å². The Morgan fingerprint density at radius 1 is 1.11 bits per heavy atom. The number of amides is 2. The lowest BCUT2D eigenvalue weighted by atomic mass is 9.54. The third-order valence-corrected chi connectivity index (χ3v) is 7.62. The summed E-state index contributed by atoms with van der Waals surface area (Å²) in [6, 6.07) is 13.8. The molecule has 1 saturated heterocycles. The summed E-state index contributed by atoms with van der Waals surface area (Å²) >= 11 is 5.49. The number of hydrogen-bond donors (Lipinski definition) is 1. The number of benzene rings is 2. The Morgan fingerprint density at radius 2 is 1.81 bits per heavy atom. The highest BCUT2D eigenvalue weighted by atomic mass is 32.1. The number of fused-ring (bicyclic) bond motifs is 5. The van der Waals surface area contributed by atoms with E-state index in [0.29, 0.717) is 0 Å². The Labute approximate surface area is 210 Å². The smallest absolute Gasteiger partial charge is 0.326 e. The molecule has 3 heterocycles. The van der Waals surface area contributed by atoms with Gasteiger partial charge in [-0.25, -0.2) is 4.39 Å². The molecule has 2 amide bonds. The van der Waals surface area contributed by atoms with Gasteiger partial charge in [0.25, 0.3) is 5.91 Å². The first-order valence-corrected chi connectivity index (χ1v) is 11.4. The largest absolute Gasteiger partial charge is 0.465 e. The number of nitriles is 2. The molecule has 0 aliphatic carbocycles. The van der Waals surface area contributed by atoms with Gasteiger partial charge in [0.05, 0.1) is 18.7 Å². The number of carbonyl (C=O) groups is 3. The average molecular weight is 504 g/mol. The number of ether oxygens (including phenoxy) is 1. The molecule has 3 aliphatic rings. The number of esters is 1. The van der Waals surface area contributed by atoms with Crippen molar-refractivity contribution >= 4 is 46.4 Å². The van der Waals surface area contributed by atoms with Crippen LogP contribution in [0, 0.1) is 33.9 Å². The van der Waals surface area contributed by atoms with Gasteiger partial charge in [0.2, 0.25) is 11.3 Å². The Hall–Kier alpha value is -4.35. The minimum Gasteiger partial charge on any atom is -0.465 e. The van der Waals surface area contributed by atoms with Crippen molar-refractivity contribution in [1.82, 2.24) is 5.32 Å². The second-order valence-corrected chi connectivity index (χ2v) is 9.08. The molecule has 36 heavy (non-hydrogen) atoms. The summed E-state index contributed by atoms with van der Waals surface area (Å²) in [4.78, 5) is 43.2. The molecule has 2 aromatic rings. The zero-order valence-electron chi connectivity index (χ0n) is 19.2. The van der Waals surface area contributed by atoms with Gasteiger partial charge >= 0.3 is 5.97 Å². The Morgan fingerprint density at radius 3 is 2.47 bits per heavy atom. The van der Waals surface area contributed by atoms with E-state index >= 15 is 0 Å². The Bertz CT molecular complexity index is 1470. The third-order valence-electron chi connectivity index (χ3n) is 7.21. The number of para-hydroxylation sites is 1. The molecule has 180 valence electrons. The van der Waals surface area contributed by atoms with Gasteiger partial charge < -0.3 is 15.0 Å². The van der Waals surface area contributed by atoms with Gasteiger partial charge in [0.15, 0.2) is 11.0 Å². The molecule has 0 saturated carbocycles. The highest BCUT2D eigenvalue weighted by Crippen LogP contribution is 2.66. The quantitative estimate of drug-likeness (QED) is 0.497. The molecular formula is C25H18FN5O4S. The summed E-state index contributed by atoms with van der Waals surface area (Å²) in [5.74, 6) is -2.97. The predicted molar refractivity (Wildman–Crippen MR) is 128 cm³/mol. The maximum Gasteiger partial charge on any atom is 0.326 e. The van der Waals surface area contributed by atoms with E-state index in [1.807, 2.05) is 12.1 Å². The molecule has 2 aromatic carbocycles. The summed E-state index contributed by atoms with van der Waals surface area (Å²) in [6.45, 7) is 1.16. The van der Waals surface area contributed by atoms with Gasteiger partial charge in [0.1, 0.15) is 17.4 Å². The second kappa shape index (κ2) is 7.57. The molecule has 2 atom stereocenters. The molecular weight excluding hydrogens is 485 g/mol. The van der Waals surface area contributed by atoms with Crippen molar-refractivity contribution in [3.63, 3.8) is 0 Å². The second-order valence-electron chi connectivity index (χ2n) is 8.67. The predicted octanol–water partition coefficient (Wildman–Crippen LogP) is 1.81. The van der Waals surface area contributed by atoms with Crippen molar-refractivity contribution in [2.24, 2.45) is 5.41 Å². The molecule has 9 nitrogen and oxygen atoms in total.